The van der Waals surface area contributed by atoms with Crippen molar-refractivity contribution >= 4 is 17.3 Å². The standard InChI is InChI=1S/C10H13N3O/c1-7(6-8(2)14)13-10-9(11)4-3-5-12-10/h3-6H,11H2,1-2H3,(H,12,13)/b7-6+. The van der Waals surface area contributed by atoms with Gasteiger partial charge in [0.15, 0.2) is 11.6 Å². The summed E-state index contributed by atoms with van der Waals surface area (Å²) in [6, 6.07) is 3.50. The van der Waals surface area contributed by atoms with Crippen LogP contribution in [-0.2, 0) is 4.79 Å². The number of nitrogen functional groups attached to an aromatic ring is 1. The van der Waals surface area contributed by atoms with Gasteiger partial charge in [0.2, 0.25) is 0 Å². The molecule has 1 aromatic rings. The molecule has 74 valence electrons. The predicted molar refractivity (Wildman–Crippen MR) is 56.7 cm³/mol. The van der Waals surface area contributed by atoms with Gasteiger partial charge in [-0.15, -0.1) is 0 Å². The predicted octanol–water partition coefficient (Wildman–Crippen LogP) is 1.57. The van der Waals surface area contributed by atoms with Crippen LogP contribution in [0.1, 0.15) is 13.8 Å². The first kappa shape index (κ1) is 10.2. The third-order valence-electron chi connectivity index (χ3n) is 1.57. The van der Waals surface area contributed by atoms with Crippen LogP contribution in [-0.4, -0.2) is 10.8 Å². The summed E-state index contributed by atoms with van der Waals surface area (Å²) >= 11 is 0. The van der Waals surface area contributed by atoms with Crippen LogP contribution in [0.5, 0.6) is 0 Å². The Labute approximate surface area is 82.8 Å². The molecule has 0 saturated heterocycles. The molecule has 3 N–H and O–H groups in total. The molecule has 0 aromatic carbocycles. The van der Waals surface area contributed by atoms with Crippen molar-refractivity contribution in [3.05, 3.63) is 30.1 Å². The first-order chi connectivity index (χ1) is 6.59. The van der Waals surface area contributed by atoms with E-state index < -0.39 is 0 Å². The summed E-state index contributed by atoms with van der Waals surface area (Å²) in [5.74, 6) is 0.562. The Balaban J connectivity index is 2.79. The van der Waals surface area contributed by atoms with Crippen LogP contribution in [0.25, 0.3) is 0 Å². The molecule has 1 heterocycles. The highest BCUT2D eigenvalue weighted by Gasteiger charge is 1.99. The van der Waals surface area contributed by atoms with Crippen molar-refractivity contribution in [2.45, 2.75) is 13.8 Å². The topological polar surface area (TPSA) is 68.0 Å². The third kappa shape index (κ3) is 2.90. The zero-order chi connectivity index (χ0) is 10.6. The van der Waals surface area contributed by atoms with Gasteiger partial charge in [0.1, 0.15) is 0 Å². The first-order valence-corrected chi connectivity index (χ1v) is 4.26. The molecule has 14 heavy (non-hydrogen) atoms. The molecule has 4 nitrogen and oxygen atoms in total. The number of ketones is 1. The van der Waals surface area contributed by atoms with Gasteiger partial charge < -0.3 is 11.1 Å². The normalized spacial score (nSPS) is 11.1. The summed E-state index contributed by atoms with van der Waals surface area (Å²) in [5.41, 5.74) is 6.95. The first-order valence-electron chi connectivity index (χ1n) is 4.26. The minimum absolute atomic E-state index is 0.00972. The Morgan fingerprint density at radius 3 is 2.86 bits per heavy atom. The molecule has 1 rings (SSSR count). The van der Waals surface area contributed by atoms with Crippen molar-refractivity contribution in [3.8, 4) is 0 Å². The van der Waals surface area contributed by atoms with E-state index in [1.807, 2.05) is 0 Å². The van der Waals surface area contributed by atoms with E-state index in [1.54, 1.807) is 25.3 Å². The second kappa shape index (κ2) is 4.41. The summed E-state index contributed by atoms with van der Waals surface area (Å²) in [4.78, 5) is 14.8. The molecule has 0 spiro atoms. The van der Waals surface area contributed by atoms with Gasteiger partial charge in [-0.2, -0.15) is 0 Å². The number of nitrogens with one attached hydrogen (secondary N) is 1. The number of rotatable bonds is 3. The third-order valence-corrected chi connectivity index (χ3v) is 1.57. The molecule has 0 fully saturated rings. The summed E-state index contributed by atoms with van der Waals surface area (Å²) in [7, 11) is 0. The fourth-order valence-corrected chi connectivity index (χ4v) is 1.05. The minimum Gasteiger partial charge on any atom is -0.396 e. The average Bonchev–Trinajstić information content (AvgIpc) is 2.07. The van der Waals surface area contributed by atoms with Crippen molar-refractivity contribution in [1.29, 1.82) is 0 Å². The Morgan fingerprint density at radius 2 is 2.29 bits per heavy atom. The Kier molecular flexibility index (Phi) is 3.23. The van der Waals surface area contributed by atoms with Gasteiger partial charge in [0.25, 0.3) is 0 Å². The van der Waals surface area contributed by atoms with Crippen molar-refractivity contribution in [1.82, 2.24) is 4.98 Å². The lowest BCUT2D eigenvalue weighted by Crippen LogP contribution is -2.03. The van der Waals surface area contributed by atoms with Gasteiger partial charge in [-0.05, 0) is 32.1 Å². The number of nitrogens with two attached hydrogens (primary N) is 1. The second-order valence-electron chi connectivity index (χ2n) is 3.00. The van der Waals surface area contributed by atoms with Crippen LogP contribution >= 0.6 is 0 Å². The molecule has 0 atom stereocenters. The van der Waals surface area contributed by atoms with Gasteiger partial charge in [0.05, 0.1) is 5.69 Å². The molecule has 0 saturated carbocycles. The summed E-state index contributed by atoms with van der Waals surface area (Å²) in [6.45, 7) is 3.28. The lowest BCUT2D eigenvalue weighted by Gasteiger charge is -2.06. The number of nitrogens with zero attached hydrogens (tertiary/aromatic N) is 1. The summed E-state index contributed by atoms with van der Waals surface area (Å²) < 4.78 is 0. The number of hydrogen-bond donors (Lipinski definition) is 2. The van der Waals surface area contributed by atoms with Gasteiger partial charge >= 0.3 is 0 Å². The number of anilines is 2. The average molecular weight is 191 g/mol. The number of hydrogen-bond acceptors (Lipinski definition) is 4. The molecule has 0 aliphatic heterocycles. The maximum Gasteiger partial charge on any atom is 0.154 e. The highest BCUT2D eigenvalue weighted by Crippen LogP contribution is 2.14. The highest BCUT2D eigenvalue weighted by atomic mass is 16.1. The SMILES string of the molecule is CC(=O)/C=C(\C)Nc1ncccc1N. The smallest absolute Gasteiger partial charge is 0.154 e. The van der Waals surface area contributed by atoms with Crippen LogP contribution in [0.2, 0.25) is 0 Å². The van der Waals surface area contributed by atoms with Gasteiger partial charge in [-0.25, -0.2) is 4.98 Å². The van der Waals surface area contributed by atoms with Crippen LogP contribution in [0.15, 0.2) is 30.1 Å². The van der Waals surface area contributed by atoms with Crippen LogP contribution in [0.3, 0.4) is 0 Å². The number of allylic oxidation sites excluding steroid dienone is 2. The molecule has 0 amide bonds. The minimum atomic E-state index is -0.00972. The van der Waals surface area contributed by atoms with Gasteiger partial charge in [-0.3, -0.25) is 4.79 Å². The number of carbonyl (C=O) groups is 1. The van der Waals surface area contributed by atoms with Gasteiger partial charge in [0, 0.05) is 11.9 Å². The van der Waals surface area contributed by atoms with Crippen molar-refractivity contribution in [3.63, 3.8) is 0 Å². The fourth-order valence-electron chi connectivity index (χ4n) is 1.05. The summed E-state index contributed by atoms with van der Waals surface area (Å²) in [5, 5.41) is 2.95. The fraction of sp³-hybridized carbons (Fsp3) is 0.200. The highest BCUT2D eigenvalue weighted by molar-refractivity contribution is 5.88. The van der Waals surface area contributed by atoms with E-state index in [2.05, 4.69) is 10.3 Å². The van der Waals surface area contributed by atoms with E-state index in [0.717, 1.165) is 5.70 Å². The maximum atomic E-state index is 10.8. The number of carbonyl (C=O) groups excluding carboxylic acids is 1. The largest absolute Gasteiger partial charge is 0.396 e. The quantitative estimate of drug-likeness (QED) is 0.711. The lowest BCUT2D eigenvalue weighted by atomic mass is 10.3. The van der Waals surface area contributed by atoms with Gasteiger partial charge in [-0.1, -0.05) is 0 Å². The maximum absolute atomic E-state index is 10.8. The van der Waals surface area contributed by atoms with Crippen molar-refractivity contribution < 1.29 is 4.79 Å². The number of aromatic nitrogens is 1. The van der Waals surface area contributed by atoms with E-state index in [0.29, 0.717) is 11.5 Å². The molecule has 0 unspecified atom stereocenters. The zero-order valence-corrected chi connectivity index (χ0v) is 8.24. The molecule has 0 bridgehead atoms. The zero-order valence-electron chi connectivity index (χ0n) is 8.24. The Morgan fingerprint density at radius 1 is 1.57 bits per heavy atom. The van der Waals surface area contributed by atoms with Crippen LogP contribution < -0.4 is 11.1 Å². The van der Waals surface area contributed by atoms with Crippen molar-refractivity contribution in [2.75, 3.05) is 11.1 Å². The molecule has 0 radical (unpaired) electrons. The van der Waals surface area contributed by atoms with E-state index in [1.165, 1.54) is 13.0 Å². The lowest BCUT2D eigenvalue weighted by molar-refractivity contribution is -0.112. The van der Waals surface area contributed by atoms with E-state index in [4.69, 9.17) is 5.73 Å². The van der Waals surface area contributed by atoms with E-state index in [-0.39, 0.29) is 5.78 Å². The Bertz CT molecular complexity index is 371. The van der Waals surface area contributed by atoms with Crippen LogP contribution in [0, 0.1) is 0 Å². The molecule has 0 aliphatic rings. The Hall–Kier alpha value is -1.84. The molecular formula is C10H13N3O. The van der Waals surface area contributed by atoms with E-state index in [9.17, 15) is 4.79 Å². The van der Waals surface area contributed by atoms with Crippen LogP contribution in [0.4, 0.5) is 11.5 Å². The monoisotopic (exact) mass is 191 g/mol. The molecule has 1 aromatic heterocycles. The number of pyridine rings is 1. The second-order valence-corrected chi connectivity index (χ2v) is 3.00. The molecular weight excluding hydrogens is 178 g/mol. The molecule has 0 aliphatic carbocycles. The van der Waals surface area contributed by atoms with E-state index >= 15 is 0 Å². The summed E-state index contributed by atoms with van der Waals surface area (Å²) in [6.07, 6.45) is 3.13. The van der Waals surface area contributed by atoms with Crippen molar-refractivity contribution in [2.24, 2.45) is 0 Å². The molecule has 4 heteroatoms.